The van der Waals surface area contributed by atoms with Crippen LogP contribution in [0, 0.1) is 5.41 Å². The van der Waals surface area contributed by atoms with Crippen LogP contribution in [0.15, 0.2) is 36.0 Å². The molecular weight excluding hydrogens is 430 g/mol. The largest absolute Gasteiger partial charge is 0.450 e. The van der Waals surface area contributed by atoms with Crippen LogP contribution in [0.3, 0.4) is 0 Å². The Hall–Kier alpha value is -2.61. The third kappa shape index (κ3) is 4.78. The second kappa shape index (κ2) is 9.94. The monoisotopic (exact) mass is 467 g/mol. The number of hydrogen-bond acceptors (Lipinski definition) is 5. The van der Waals surface area contributed by atoms with E-state index in [4.69, 9.17) is 4.74 Å². The number of carbonyl (C=O) groups excluding carboxylic acids is 2. The minimum absolute atomic E-state index is 0.0183. The number of hydrogen-bond donors (Lipinski definition) is 1. The number of pyridine rings is 1. The zero-order valence-corrected chi connectivity index (χ0v) is 20.2. The highest BCUT2D eigenvalue weighted by Gasteiger charge is 2.51. The Bertz CT molecular complexity index is 914. The standard InChI is InChI=1S/C26H37N5O3/c1-2-34-25(33)30-15-10-26(19-30)16-22(17-26)29-13-8-20(9-14-29)23-7-5-12-31(23)24(32)28-18-21-6-3-4-11-27-21/h3-4,6,8,11,22-23H,2,5,7,9-10,12-19H2,1H3,(H,28,32)/t22?,23-,26?/m0/s1. The average molecular weight is 468 g/mol. The summed E-state index contributed by atoms with van der Waals surface area (Å²) < 4.78 is 5.19. The van der Waals surface area contributed by atoms with Crippen LogP contribution in [0.1, 0.15) is 51.1 Å². The first-order valence-electron chi connectivity index (χ1n) is 12.9. The van der Waals surface area contributed by atoms with Crippen LogP contribution in [-0.4, -0.2) is 83.2 Å². The van der Waals surface area contributed by atoms with Crippen molar-refractivity contribution in [3.05, 3.63) is 41.7 Å². The van der Waals surface area contributed by atoms with Gasteiger partial charge in [-0.25, -0.2) is 9.59 Å². The van der Waals surface area contributed by atoms with Crippen molar-refractivity contribution in [2.75, 3.05) is 39.3 Å². The number of nitrogens with one attached hydrogen (secondary N) is 1. The van der Waals surface area contributed by atoms with Crippen LogP contribution >= 0.6 is 0 Å². The van der Waals surface area contributed by atoms with Crippen LogP contribution in [0.25, 0.3) is 0 Å². The first-order valence-corrected chi connectivity index (χ1v) is 12.9. The van der Waals surface area contributed by atoms with Crippen molar-refractivity contribution in [3.63, 3.8) is 0 Å². The summed E-state index contributed by atoms with van der Waals surface area (Å²) in [5.41, 5.74) is 2.60. The second-order valence-corrected chi connectivity index (χ2v) is 10.3. The fourth-order valence-corrected chi connectivity index (χ4v) is 6.34. The first kappa shape index (κ1) is 23.1. The van der Waals surface area contributed by atoms with Crippen molar-refractivity contribution in [2.24, 2.45) is 5.41 Å². The Labute approximate surface area is 202 Å². The number of urea groups is 1. The maximum atomic E-state index is 12.9. The van der Waals surface area contributed by atoms with Gasteiger partial charge in [-0.05, 0) is 68.6 Å². The number of carbonyl (C=O) groups is 2. The molecule has 5 rings (SSSR count). The zero-order valence-electron chi connectivity index (χ0n) is 20.2. The lowest BCUT2D eigenvalue weighted by Gasteiger charge is -2.51. The summed E-state index contributed by atoms with van der Waals surface area (Å²) in [6, 6.07) is 6.62. The number of rotatable bonds is 5. The fourth-order valence-electron chi connectivity index (χ4n) is 6.34. The van der Waals surface area contributed by atoms with Crippen LogP contribution in [0.5, 0.6) is 0 Å². The summed E-state index contributed by atoms with van der Waals surface area (Å²) >= 11 is 0. The highest BCUT2D eigenvalue weighted by molar-refractivity contribution is 5.75. The van der Waals surface area contributed by atoms with Crippen molar-refractivity contribution in [1.82, 2.24) is 25.0 Å². The van der Waals surface area contributed by atoms with Crippen molar-refractivity contribution in [2.45, 2.75) is 64.1 Å². The number of likely N-dealkylation sites (tertiary alicyclic amines) is 2. The molecule has 1 aliphatic carbocycles. The maximum Gasteiger partial charge on any atom is 0.409 e. The van der Waals surface area contributed by atoms with Crippen molar-refractivity contribution < 1.29 is 14.3 Å². The Morgan fingerprint density at radius 3 is 2.85 bits per heavy atom. The van der Waals surface area contributed by atoms with Gasteiger partial charge in [0.05, 0.1) is 24.9 Å². The molecule has 3 fully saturated rings. The van der Waals surface area contributed by atoms with Gasteiger partial charge in [-0.1, -0.05) is 12.1 Å². The second-order valence-electron chi connectivity index (χ2n) is 10.3. The molecule has 4 heterocycles. The summed E-state index contributed by atoms with van der Waals surface area (Å²) in [5, 5.41) is 3.05. The Morgan fingerprint density at radius 2 is 2.12 bits per heavy atom. The van der Waals surface area contributed by atoms with Crippen LogP contribution in [0.2, 0.25) is 0 Å². The SMILES string of the molecule is CCOC(=O)N1CCC2(CC(N3CC=C([C@@H]4CCCN4C(=O)NCc4ccccn4)CC3)C2)C1. The molecule has 34 heavy (non-hydrogen) atoms. The maximum absolute atomic E-state index is 12.9. The molecule has 0 bridgehead atoms. The zero-order chi connectivity index (χ0) is 23.5. The molecule has 0 aromatic carbocycles. The van der Waals surface area contributed by atoms with E-state index in [1.807, 2.05) is 34.9 Å². The lowest BCUT2D eigenvalue weighted by molar-refractivity contribution is 0.00978. The predicted octanol–water partition coefficient (Wildman–Crippen LogP) is 3.40. The van der Waals surface area contributed by atoms with Gasteiger partial charge in [0.1, 0.15) is 0 Å². The molecule has 184 valence electrons. The molecule has 8 heteroatoms. The van der Waals surface area contributed by atoms with Gasteiger partial charge in [-0.3, -0.25) is 9.88 Å². The summed E-state index contributed by atoms with van der Waals surface area (Å²) in [6.45, 7) is 7.30. The highest BCUT2D eigenvalue weighted by atomic mass is 16.6. The van der Waals surface area contributed by atoms with E-state index in [1.54, 1.807) is 6.20 Å². The molecule has 1 atom stereocenters. The fraction of sp³-hybridized carbons (Fsp3) is 0.654. The summed E-state index contributed by atoms with van der Waals surface area (Å²) in [7, 11) is 0. The molecule has 1 aromatic rings. The molecule has 1 saturated carbocycles. The predicted molar refractivity (Wildman–Crippen MR) is 129 cm³/mol. The van der Waals surface area contributed by atoms with Crippen molar-refractivity contribution in [3.8, 4) is 0 Å². The van der Waals surface area contributed by atoms with Crippen molar-refractivity contribution in [1.29, 1.82) is 0 Å². The molecule has 0 radical (unpaired) electrons. The van der Waals surface area contributed by atoms with E-state index in [1.165, 1.54) is 18.4 Å². The number of amides is 3. The number of ether oxygens (including phenoxy) is 1. The normalized spacial score (nSPS) is 29.1. The van der Waals surface area contributed by atoms with E-state index in [9.17, 15) is 9.59 Å². The Balaban J connectivity index is 1.10. The Kier molecular flexibility index (Phi) is 6.77. The first-order chi connectivity index (χ1) is 16.6. The topological polar surface area (TPSA) is 78.0 Å². The molecule has 3 aliphatic heterocycles. The van der Waals surface area contributed by atoms with Gasteiger partial charge in [0.2, 0.25) is 0 Å². The summed E-state index contributed by atoms with van der Waals surface area (Å²) in [4.78, 5) is 35.7. The smallest absolute Gasteiger partial charge is 0.409 e. The van der Waals surface area contributed by atoms with Crippen molar-refractivity contribution >= 4 is 12.1 Å². The Morgan fingerprint density at radius 1 is 1.24 bits per heavy atom. The summed E-state index contributed by atoms with van der Waals surface area (Å²) in [6.07, 6.45) is 10.6. The molecule has 0 unspecified atom stereocenters. The molecule has 8 nitrogen and oxygen atoms in total. The van der Waals surface area contributed by atoms with E-state index in [-0.39, 0.29) is 18.2 Å². The van der Waals surface area contributed by atoms with Gasteiger partial charge in [0.15, 0.2) is 0 Å². The molecule has 4 aliphatic rings. The highest BCUT2D eigenvalue weighted by Crippen LogP contribution is 2.50. The lowest BCUT2D eigenvalue weighted by Crippen LogP contribution is -2.53. The minimum Gasteiger partial charge on any atom is -0.450 e. The molecule has 1 N–H and O–H groups in total. The number of nitrogens with zero attached hydrogens (tertiary/aromatic N) is 4. The van der Waals surface area contributed by atoms with E-state index in [0.717, 1.165) is 64.1 Å². The van der Waals surface area contributed by atoms with Gasteiger partial charge in [0, 0.05) is 45.0 Å². The van der Waals surface area contributed by atoms with Gasteiger partial charge < -0.3 is 19.9 Å². The molecular formula is C26H37N5O3. The van der Waals surface area contributed by atoms with E-state index < -0.39 is 0 Å². The van der Waals surface area contributed by atoms with E-state index >= 15 is 0 Å². The van der Waals surface area contributed by atoms with Gasteiger partial charge >= 0.3 is 12.1 Å². The molecule has 3 amide bonds. The van der Waals surface area contributed by atoms with Crippen LogP contribution in [0.4, 0.5) is 9.59 Å². The number of aromatic nitrogens is 1. The van der Waals surface area contributed by atoms with E-state index in [2.05, 4.69) is 21.3 Å². The summed E-state index contributed by atoms with van der Waals surface area (Å²) in [5.74, 6) is 0. The van der Waals surface area contributed by atoms with Gasteiger partial charge in [0.25, 0.3) is 0 Å². The lowest BCUT2D eigenvalue weighted by atomic mass is 9.64. The van der Waals surface area contributed by atoms with Crippen LogP contribution in [-0.2, 0) is 11.3 Å². The molecule has 1 spiro atoms. The molecule has 2 saturated heterocycles. The average Bonchev–Trinajstić information content (AvgIpc) is 3.51. The minimum atomic E-state index is -0.154. The quantitative estimate of drug-likeness (QED) is 0.672. The van der Waals surface area contributed by atoms with Gasteiger partial charge in [-0.15, -0.1) is 0 Å². The third-order valence-corrected chi connectivity index (χ3v) is 8.18. The third-order valence-electron chi connectivity index (χ3n) is 8.18. The molecule has 1 aromatic heterocycles. The van der Waals surface area contributed by atoms with Gasteiger partial charge in [-0.2, -0.15) is 0 Å². The van der Waals surface area contributed by atoms with E-state index in [0.29, 0.717) is 24.6 Å². The van der Waals surface area contributed by atoms with Crippen LogP contribution < -0.4 is 5.32 Å².